The van der Waals surface area contributed by atoms with E-state index in [1.807, 2.05) is 0 Å². The number of aromatic nitrogens is 2. The van der Waals surface area contributed by atoms with E-state index < -0.39 is 10.0 Å². The van der Waals surface area contributed by atoms with Crippen molar-refractivity contribution in [2.24, 2.45) is 5.14 Å². The molecule has 0 spiro atoms. The number of nitrogens with one attached hydrogen (secondary N) is 1. The molecule has 4 aromatic rings. The van der Waals surface area contributed by atoms with Crippen LogP contribution in [0.3, 0.4) is 0 Å². The van der Waals surface area contributed by atoms with Crippen LogP contribution >= 0.6 is 0 Å². The molecule has 0 bridgehead atoms. The highest BCUT2D eigenvalue weighted by Crippen LogP contribution is 2.33. The van der Waals surface area contributed by atoms with Crippen LogP contribution in [0.25, 0.3) is 33.5 Å². The zero-order valence-electron chi connectivity index (χ0n) is 14.7. The lowest BCUT2D eigenvalue weighted by Crippen LogP contribution is -2.11. The minimum absolute atomic E-state index is 0.00208. The molecule has 0 unspecified atom stereocenters. The molecule has 0 saturated heterocycles. The fourth-order valence-corrected chi connectivity index (χ4v) is 3.48. The molecule has 28 heavy (non-hydrogen) atoms. The number of H-pyrrole nitrogens is 1. The van der Waals surface area contributed by atoms with E-state index in [1.54, 1.807) is 30.5 Å². The first-order valence-electron chi connectivity index (χ1n) is 8.14. The number of benzene rings is 2. The van der Waals surface area contributed by atoms with Crippen molar-refractivity contribution in [2.45, 2.75) is 4.90 Å². The number of nitrogens with zero attached hydrogens (tertiary/aromatic N) is 1. The Morgan fingerprint density at radius 3 is 2.50 bits per heavy atom. The first kappa shape index (κ1) is 18.0. The van der Waals surface area contributed by atoms with Crippen LogP contribution in [0, 0.1) is 0 Å². The van der Waals surface area contributed by atoms with Gasteiger partial charge in [-0.05, 0) is 23.8 Å². The average molecular weight is 397 g/mol. The van der Waals surface area contributed by atoms with Crippen molar-refractivity contribution in [1.29, 1.82) is 0 Å². The highest BCUT2D eigenvalue weighted by atomic mass is 32.2. The number of primary sulfonamides is 1. The number of ether oxygens (including phenoxy) is 1. The fourth-order valence-electron chi connectivity index (χ4n) is 2.97. The Morgan fingerprint density at radius 2 is 1.89 bits per heavy atom. The number of sulfonamides is 1. The molecule has 0 aliphatic heterocycles. The molecule has 142 valence electrons. The van der Waals surface area contributed by atoms with Crippen molar-refractivity contribution in [3.05, 3.63) is 65.3 Å². The normalized spacial score (nSPS) is 11.6. The zero-order chi connectivity index (χ0) is 19.9. The molecule has 0 fully saturated rings. The van der Waals surface area contributed by atoms with E-state index in [0.717, 1.165) is 0 Å². The second-order valence-electron chi connectivity index (χ2n) is 6.08. The Kier molecular flexibility index (Phi) is 4.25. The monoisotopic (exact) mass is 397 g/mol. The minimum Gasteiger partial charge on any atom is -0.496 e. The number of rotatable bonds is 4. The number of pyridine rings is 1. The zero-order valence-corrected chi connectivity index (χ0v) is 15.5. The molecule has 9 heteroatoms. The van der Waals surface area contributed by atoms with Crippen LogP contribution in [-0.2, 0) is 10.0 Å². The maximum Gasteiger partial charge on any atom is 0.238 e. The Bertz CT molecular complexity index is 1320. The summed E-state index contributed by atoms with van der Waals surface area (Å²) in [5.74, 6) is 1.00. The molecule has 0 aliphatic carbocycles. The van der Waals surface area contributed by atoms with E-state index in [0.29, 0.717) is 39.2 Å². The second-order valence-corrected chi connectivity index (χ2v) is 7.64. The van der Waals surface area contributed by atoms with Gasteiger partial charge >= 0.3 is 0 Å². The molecule has 3 N–H and O–H groups in total. The molecule has 4 rings (SSSR count). The van der Waals surface area contributed by atoms with Gasteiger partial charge in [0.25, 0.3) is 0 Å². The fraction of sp³-hybridized carbons (Fsp3) is 0.0526. The van der Waals surface area contributed by atoms with Crippen LogP contribution in [0.5, 0.6) is 5.75 Å². The van der Waals surface area contributed by atoms with E-state index in [2.05, 4.69) is 9.97 Å². The van der Waals surface area contributed by atoms with Gasteiger partial charge in [-0.1, -0.05) is 12.1 Å². The van der Waals surface area contributed by atoms with Crippen LogP contribution in [0.15, 0.2) is 69.2 Å². The smallest absolute Gasteiger partial charge is 0.238 e. The van der Waals surface area contributed by atoms with Gasteiger partial charge in [-0.25, -0.2) is 18.5 Å². The Morgan fingerprint density at radius 1 is 1.14 bits per heavy atom. The van der Waals surface area contributed by atoms with Crippen LogP contribution in [0.1, 0.15) is 0 Å². The summed E-state index contributed by atoms with van der Waals surface area (Å²) in [5, 5.41) is 5.57. The quantitative estimate of drug-likeness (QED) is 0.544. The van der Waals surface area contributed by atoms with Crippen LogP contribution in [-0.4, -0.2) is 25.5 Å². The van der Waals surface area contributed by atoms with E-state index in [9.17, 15) is 13.2 Å². The number of nitrogens with two attached hydrogens (primary N) is 1. The van der Waals surface area contributed by atoms with E-state index in [1.165, 1.54) is 31.7 Å². The van der Waals surface area contributed by atoms with Gasteiger partial charge in [-0.2, -0.15) is 0 Å². The maximum absolute atomic E-state index is 12.7. The summed E-state index contributed by atoms with van der Waals surface area (Å²) in [4.78, 5) is 19.8. The highest BCUT2D eigenvalue weighted by molar-refractivity contribution is 7.89. The van der Waals surface area contributed by atoms with Gasteiger partial charge in [0, 0.05) is 23.2 Å². The third-order valence-corrected chi connectivity index (χ3v) is 5.27. The number of fused-ring (bicyclic) bond motifs is 1. The molecular weight excluding hydrogens is 382 g/mol. The van der Waals surface area contributed by atoms with E-state index in [-0.39, 0.29) is 10.3 Å². The van der Waals surface area contributed by atoms with E-state index >= 15 is 0 Å². The Hall–Kier alpha value is -3.43. The molecule has 0 amide bonds. The van der Waals surface area contributed by atoms with Gasteiger partial charge in [-0.15, -0.1) is 0 Å². The first-order valence-corrected chi connectivity index (χ1v) is 9.68. The lowest BCUT2D eigenvalue weighted by atomic mass is 10.1. The Labute approximate surface area is 159 Å². The van der Waals surface area contributed by atoms with Gasteiger partial charge in [0.1, 0.15) is 5.75 Å². The van der Waals surface area contributed by atoms with Crippen molar-refractivity contribution >= 4 is 20.9 Å². The predicted octanol–water partition coefficient (Wildman–Crippen LogP) is 2.51. The Balaban J connectivity index is 1.87. The summed E-state index contributed by atoms with van der Waals surface area (Å²) in [7, 11) is -2.26. The van der Waals surface area contributed by atoms with Crippen LogP contribution in [0.4, 0.5) is 0 Å². The van der Waals surface area contributed by atoms with Crippen LogP contribution in [0.2, 0.25) is 0 Å². The lowest BCUT2D eigenvalue weighted by Gasteiger charge is -2.10. The molecule has 2 heterocycles. The van der Waals surface area contributed by atoms with Crippen LogP contribution < -0.4 is 15.3 Å². The van der Waals surface area contributed by atoms with Crippen molar-refractivity contribution in [2.75, 3.05) is 7.11 Å². The minimum atomic E-state index is -3.78. The van der Waals surface area contributed by atoms with Gasteiger partial charge in [0.15, 0.2) is 17.6 Å². The predicted molar refractivity (Wildman–Crippen MR) is 103 cm³/mol. The van der Waals surface area contributed by atoms with Gasteiger partial charge in [0.05, 0.1) is 29.3 Å². The van der Waals surface area contributed by atoms with Crippen molar-refractivity contribution in [3.63, 3.8) is 0 Å². The lowest BCUT2D eigenvalue weighted by molar-refractivity contribution is 0.415. The largest absolute Gasteiger partial charge is 0.496 e. The summed E-state index contributed by atoms with van der Waals surface area (Å²) in [6, 6.07) is 10.8. The number of methoxy groups -OCH3 is 1. The summed E-state index contributed by atoms with van der Waals surface area (Å²) in [6.07, 6.45) is 2.84. The molecule has 8 nitrogen and oxygen atoms in total. The average Bonchev–Trinajstić information content (AvgIpc) is 3.21. The van der Waals surface area contributed by atoms with E-state index in [4.69, 9.17) is 14.3 Å². The van der Waals surface area contributed by atoms with Crippen molar-refractivity contribution in [1.82, 2.24) is 9.97 Å². The number of hydrogen-bond acceptors (Lipinski definition) is 6. The molecule has 0 saturated carbocycles. The number of aromatic amines is 1. The van der Waals surface area contributed by atoms with Gasteiger partial charge in [-0.3, -0.25) is 4.79 Å². The molecule has 2 aromatic heterocycles. The number of hydrogen-bond donors (Lipinski definition) is 2. The van der Waals surface area contributed by atoms with Gasteiger partial charge in [0.2, 0.25) is 10.0 Å². The molecule has 0 radical (unpaired) electrons. The third kappa shape index (κ3) is 3.17. The maximum atomic E-state index is 12.7. The topological polar surface area (TPSA) is 128 Å². The summed E-state index contributed by atoms with van der Waals surface area (Å²) in [6.45, 7) is 0. The van der Waals surface area contributed by atoms with Crippen molar-refractivity contribution in [3.8, 4) is 28.3 Å². The SMILES string of the molecule is COc1cc2[nH]c(-c3ccc(S(N)(=O)=O)cc3)cc(=O)c2cc1-c1cnco1. The second kappa shape index (κ2) is 6.63. The molecule has 2 aromatic carbocycles. The first-order chi connectivity index (χ1) is 13.4. The summed E-state index contributed by atoms with van der Waals surface area (Å²) in [5.41, 5.74) is 2.15. The summed E-state index contributed by atoms with van der Waals surface area (Å²) < 4.78 is 33.6. The molecule has 0 atom stereocenters. The molecular formula is C19H15N3O5S. The highest BCUT2D eigenvalue weighted by Gasteiger charge is 2.14. The standard InChI is InChI=1S/C19H15N3O5S/c1-26-18-8-16-13(6-14(18)19-9-21-10-27-19)17(23)7-15(22-16)11-2-4-12(5-3-11)28(20,24)25/h2-10H,1H3,(H,22,23)(H2,20,24,25). The van der Waals surface area contributed by atoms with Crippen molar-refractivity contribution < 1.29 is 17.6 Å². The molecule has 0 aliphatic rings. The van der Waals surface area contributed by atoms with Gasteiger partial charge < -0.3 is 14.1 Å². The third-order valence-electron chi connectivity index (χ3n) is 4.34. The summed E-state index contributed by atoms with van der Waals surface area (Å²) >= 11 is 0. The number of oxazole rings is 1.